The second kappa shape index (κ2) is 6.17. The normalized spacial score (nSPS) is 12.8. The van der Waals surface area contributed by atoms with Gasteiger partial charge in [-0.25, -0.2) is 4.39 Å². The number of pyridine rings is 1. The first-order valence-corrected chi connectivity index (χ1v) is 6.00. The number of hydrogen-bond acceptors (Lipinski definition) is 3. The molecular weight excluding hydrogens is 309 g/mol. The van der Waals surface area contributed by atoms with Crippen LogP contribution in [-0.4, -0.2) is 18.3 Å². The van der Waals surface area contributed by atoms with E-state index in [1.165, 1.54) is 19.2 Å². The molecule has 0 spiro atoms. The standard InChI is InChI=1S/C14H10F5NO2/c1-21-10-7-8(13(16)14(17,18)19)5-6-9(10)22-12-4-2-3-11(15)20-12/h2-7,13H,1H3. The van der Waals surface area contributed by atoms with Gasteiger partial charge in [-0.15, -0.1) is 0 Å². The van der Waals surface area contributed by atoms with Crippen molar-refractivity contribution in [1.82, 2.24) is 4.98 Å². The van der Waals surface area contributed by atoms with Crippen LogP contribution in [0.2, 0.25) is 0 Å². The Labute approximate surface area is 122 Å². The highest BCUT2D eigenvalue weighted by molar-refractivity contribution is 5.45. The Morgan fingerprint density at radius 2 is 1.82 bits per heavy atom. The quantitative estimate of drug-likeness (QED) is 0.610. The zero-order chi connectivity index (χ0) is 16.3. The van der Waals surface area contributed by atoms with Gasteiger partial charge in [-0.1, -0.05) is 12.1 Å². The lowest BCUT2D eigenvalue weighted by molar-refractivity contribution is -0.182. The Bertz CT molecular complexity index is 660. The minimum Gasteiger partial charge on any atom is -0.493 e. The highest BCUT2D eigenvalue weighted by atomic mass is 19.4. The summed E-state index contributed by atoms with van der Waals surface area (Å²) in [5.74, 6) is -1.04. The Kier molecular flexibility index (Phi) is 4.48. The van der Waals surface area contributed by atoms with Crippen molar-refractivity contribution in [3.8, 4) is 17.4 Å². The van der Waals surface area contributed by atoms with Crippen molar-refractivity contribution in [3.63, 3.8) is 0 Å². The summed E-state index contributed by atoms with van der Waals surface area (Å²) in [5, 5.41) is 0. The summed E-state index contributed by atoms with van der Waals surface area (Å²) in [5.41, 5.74) is -0.621. The molecule has 0 N–H and O–H groups in total. The first kappa shape index (κ1) is 16.0. The minimum atomic E-state index is -5.02. The van der Waals surface area contributed by atoms with Gasteiger partial charge in [-0.2, -0.15) is 22.5 Å². The highest BCUT2D eigenvalue weighted by Gasteiger charge is 2.41. The number of halogens is 5. The van der Waals surface area contributed by atoms with Gasteiger partial charge < -0.3 is 9.47 Å². The summed E-state index contributed by atoms with van der Waals surface area (Å²) in [7, 11) is 1.19. The molecule has 3 nitrogen and oxygen atoms in total. The summed E-state index contributed by atoms with van der Waals surface area (Å²) in [6.45, 7) is 0. The van der Waals surface area contributed by atoms with E-state index < -0.39 is 23.9 Å². The molecule has 2 rings (SSSR count). The van der Waals surface area contributed by atoms with Crippen LogP contribution in [0.15, 0.2) is 36.4 Å². The van der Waals surface area contributed by atoms with Crippen LogP contribution in [0.3, 0.4) is 0 Å². The topological polar surface area (TPSA) is 31.4 Å². The third-order valence-corrected chi connectivity index (χ3v) is 2.67. The van der Waals surface area contributed by atoms with E-state index >= 15 is 0 Å². The van der Waals surface area contributed by atoms with Crippen LogP contribution in [0.1, 0.15) is 11.7 Å². The molecule has 0 saturated carbocycles. The number of alkyl halides is 4. The van der Waals surface area contributed by atoms with Crippen molar-refractivity contribution in [2.24, 2.45) is 0 Å². The lowest BCUT2D eigenvalue weighted by atomic mass is 10.1. The number of nitrogens with zero attached hydrogens (tertiary/aromatic N) is 1. The highest BCUT2D eigenvalue weighted by Crippen LogP contribution is 2.40. The van der Waals surface area contributed by atoms with Crippen LogP contribution in [0.5, 0.6) is 17.4 Å². The summed E-state index contributed by atoms with van der Waals surface area (Å²) >= 11 is 0. The van der Waals surface area contributed by atoms with Crippen molar-refractivity contribution in [2.75, 3.05) is 7.11 Å². The van der Waals surface area contributed by atoms with Gasteiger partial charge >= 0.3 is 6.18 Å². The number of ether oxygens (including phenoxy) is 2. The molecule has 1 aromatic carbocycles. The van der Waals surface area contributed by atoms with Gasteiger partial charge in [0.25, 0.3) is 0 Å². The molecule has 1 aromatic heterocycles. The van der Waals surface area contributed by atoms with Gasteiger partial charge in [0.15, 0.2) is 11.5 Å². The van der Waals surface area contributed by atoms with Gasteiger partial charge in [-0.05, 0) is 23.8 Å². The summed E-state index contributed by atoms with van der Waals surface area (Å²) in [6, 6.07) is 6.68. The van der Waals surface area contributed by atoms with E-state index in [-0.39, 0.29) is 17.4 Å². The van der Waals surface area contributed by atoms with Crippen LogP contribution in [-0.2, 0) is 0 Å². The summed E-state index contributed by atoms with van der Waals surface area (Å²) in [6.07, 6.45) is -8.15. The van der Waals surface area contributed by atoms with E-state index in [1.807, 2.05) is 0 Å². The average Bonchev–Trinajstić information content (AvgIpc) is 2.46. The zero-order valence-corrected chi connectivity index (χ0v) is 11.2. The fraction of sp³-hybridized carbons (Fsp3) is 0.214. The maximum Gasteiger partial charge on any atom is 0.423 e. The van der Waals surface area contributed by atoms with Gasteiger partial charge in [0.05, 0.1) is 7.11 Å². The number of rotatable bonds is 4. The predicted octanol–water partition coefficient (Wildman–Crippen LogP) is 4.59. The number of hydrogen-bond donors (Lipinski definition) is 0. The van der Waals surface area contributed by atoms with E-state index in [4.69, 9.17) is 9.47 Å². The number of methoxy groups -OCH3 is 1. The Hall–Kier alpha value is -2.38. The maximum atomic E-state index is 13.3. The van der Waals surface area contributed by atoms with Crippen LogP contribution in [0, 0.1) is 5.95 Å². The zero-order valence-electron chi connectivity index (χ0n) is 11.2. The maximum absolute atomic E-state index is 13.3. The number of aromatic nitrogens is 1. The first-order chi connectivity index (χ1) is 10.3. The fourth-order valence-electron chi connectivity index (χ4n) is 1.67. The molecule has 22 heavy (non-hydrogen) atoms. The van der Waals surface area contributed by atoms with E-state index in [2.05, 4.69) is 4.98 Å². The molecule has 1 heterocycles. The second-order valence-corrected chi connectivity index (χ2v) is 4.22. The van der Waals surface area contributed by atoms with Crippen molar-refractivity contribution in [2.45, 2.75) is 12.3 Å². The van der Waals surface area contributed by atoms with Crippen LogP contribution in [0.25, 0.3) is 0 Å². The molecule has 0 bridgehead atoms. The Morgan fingerprint density at radius 1 is 1.09 bits per heavy atom. The molecule has 1 unspecified atom stereocenters. The van der Waals surface area contributed by atoms with Gasteiger partial charge in [0.2, 0.25) is 18.0 Å². The Balaban J connectivity index is 2.30. The van der Waals surface area contributed by atoms with Crippen molar-refractivity contribution in [1.29, 1.82) is 0 Å². The first-order valence-electron chi connectivity index (χ1n) is 6.00. The summed E-state index contributed by atoms with van der Waals surface area (Å²) in [4.78, 5) is 3.44. The average molecular weight is 319 g/mol. The predicted molar refractivity (Wildman–Crippen MR) is 67.2 cm³/mol. The van der Waals surface area contributed by atoms with Gasteiger partial charge in [0.1, 0.15) is 0 Å². The molecule has 8 heteroatoms. The molecule has 118 valence electrons. The largest absolute Gasteiger partial charge is 0.493 e. The van der Waals surface area contributed by atoms with Gasteiger partial charge in [-0.3, -0.25) is 0 Å². The summed E-state index contributed by atoms with van der Waals surface area (Å²) < 4.78 is 73.4. The smallest absolute Gasteiger partial charge is 0.423 e. The third kappa shape index (κ3) is 3.63. The van der Waals surface area contributed by atoms with Crippen LogP contribution < -0.4 is 9.47 Å². The monoisotopic (exact) mass is 319 g/mol. The Morgan fingerprint density at radius 3 is 2.41 bits per heavy atom. The fourth-order valence-corrected chi connectivity index (χ4v) is 1.67. The SMILES string of the molecule is COc1cc(C(F)C(F)(F)F)ccc1Oc1cccc(F)n1. The molecule has 0 aliphatic carbocycles. The molecule has 0 fully saturated rings. The van der Waals surface area contributed by atoms with E-state index in [1.54, 1.807) is 0 Å². The lowest BCUT2D eigenvalue weighted by Crippen LogP contribution is -2.16. The molecule has 0 aliphatic heterocycles. The molecular formula is C14H10F5NO2. The third-order valence-electron chi connectivity index (χ3n) is 2.67. The van der Waals surface area contributed by atoms with Crippen molar-refractivity contribution < 1.29 is 31.4 Å². The lowest BCUT2D eigenvalue weighted by Gasteiger charge is -2.15. The molecule has 2 aromatic rings. The van der Waals surface area contributed by atoms with Crippen molar-refractivity contribution in [3.05, 3.63) is 47.9 Å². The van der Waals surface area contributed by atoms with Crippen molar-refractivity contribution >= 4 is 0 Å². The molecule has 0 radical (unpaired) electrons. The van der Waals surface area contributed by atoms with E-state index in [0.717, 1.165) is 24.3 Å². The van der Waals surface area contributed by atoms with Crippen LogP contribution >= 0.6 is 0 Å². The molecule has 1 atom stereocenters. The molecule has 0 amide bonds. The second-order valence-electron chi connectivity index (χ2n) is 4.22. The molecule has 0 saturated heterocycles. The van der Waals surface area contributed by atoms with Gasteiger partial charge in [0, 0.05) is 6.07 Å². The minimum absolute atomic E-state index is 0.0151. The number of benzene rings is 1. The van der Waals surface area contributed by atoms with Crippen LogP contribution in [0.4, 0.5) is 22.0 Å². The van der Waals surface area contributed by atoms with E-state index in [9.17, 15) is 22.0 Å². The molecule has 0 aliphatic rings. The van der Waals surface area contributed by atoms with E-state index in [0.29, 0.717) is 0 Å².